The monoisotopic (exact) mass is 249 g/mol. The molecule has 1 heterocycles. The van der Waals surface area contributed by atoms with Gasteiger partial charge in [-0.3, -0.25) is 0 Å². The van der Waals surface area contributed by atoms with Crippen LogP contribution in [-0.4, -0.2) is 28.4 Å². The van der Waals surface area contributed by atoms with E-state index in [1.165, 1.54) is 13.2 Å². The van der Waals surface area contributed by atoms with Crippen LogP contribution in [0.25, 0.3) is 11.3 Å². The molecule has 0 saturated heterocycles. The first-order chi connectivity index (χ1) is 8.54. The first kappa shape index (κ1) is 12.0. The normalized spacial score (nSPS) is 10.3. The Labute approximate surface area is 102 Å². The number of benzene rings is 1. The lowest BCUT2D eigenvalue weighted by Crippen LogP contribution is -1.94. The van der Waals surface area contributed by atoms with E-state index in [2.05, 4.69) is 5.16 Å². The Kier molecular flexibility index (Phi) is 2.93. The van der Waals surface area contributed by atoms with Gasteiger partial charge in [0, 0.05) is 6.07 Å². The number of hydrogen-bond acceptors (Lipinski definition) is 5. The minimum atomic E-state index is -1.19. The van der Waals surface area contributed by atoms with Crippen LogP contribution >= 0.6 is 0 Å². The maximum atomic E-state index is 10.7. The molecule has 1 aromatic carbocycles. The average Bonchev–Trinajstić information content (AvgIpc) is 2.79. The molecular formula is C12H11NO5. The van der Waals surface area contributed by atoms with Crippen LogP contribution in [0.5, 0.6) is 11.5 Å². The smallest absolute Gasteiger partial charge is 0.358 e. The number of nitrogens with zero attached hydrogens (tertiary/aromatic N) is 1. The van der Waals surface area contributed by atoms with E-state index in [1.807, 2.05) is 0 Å². The third-order valence-electron chi connectivity index (χ3n) is 2.53. The fraction of sp³-hybridized carbons (Fsp3) is 0.167. The molecule has 0 aliphatic carbocycles. The molecule has 0 unspecified atom stereocenters. The molecule has 2 rings (SSSR count). The summed E-state index contributed by atoms with van der Waals surface area (Å²) in [5.74, 6) is -0.807. The largest absolute Gasteiger partial charge is 0.504 e. The van der Waals surface area contributed by atoms with E-state index in [4.69, 9.17) is 14.4 Å². The van der Waals surface area contributed by atoms with Crippen molar-refractivity contribution in [3.8, 4) is 22.8 Å². The molecule has 18 heavy (non-hydrogen) atoms. The number of carboxylic acids is 1. The van der Waals surface area contributed by atoms with Crippen LogP contribution in [-0.2, 0) is 0 Å². The predicted molar refractivity (Wildman–Crippen MR) is 61.9 cm³/mol. The molecule has 2 aromatic rings. The van der Waals surface area contributed by atoms with Gasteiger partial charge in [-0.2, -0.15) is 0 Å². The van der Waals surface area contributed by atoms with Crippen LogP contribution in [0, 0.1) is 6.92 Å². The van der Waals surface area contributed by atoms with Crippen molar-refractivity contribution in [1.82, 2.24) is 5.16 Å². The highest BCUT2D eigenvalue weighted by Gasteiger charge is 2.18. The number of aromatic nitrogens is 1. The zero-order chi connectivity index (χ0) is 13.3. The van der Waals surface area contributed by atoms with Crippen molar-refractivity contribution in [3.63, 3.8) is 0 Å². The lowest BCUT2D eigenvalue weighted by Gasteiger charge is -2.09. The summed E-state index contributed by atoms with van der Waals surface area (Å²) in [5, 5.41) is 22.1. The summed E-state index contributed by atoms with van der Waals surface area (Å²) in [7, 11) is 1.44. The lowest BCUT2D eigenvalue weighted by molar-refractivity contribution is 0.0686. The van der Waals surface area contributed by atoms with Gasteiger partial charge in [0.25, 0.3) is 0 Å². The molecular weight excluding hydrogens is 238 g/mol. The Morgan fingerprint density at radius 1 is 1.44 bits per heavy atom. The Balaban J connectivity index is 2.53. The molecule has 94 valence electrons. The van der Waals surface area contributed by atoms with E-state index in [-0.39, 0.29) is 17.2 Å². The highest BCUT2D eigenvalue weighted by molar-refractivity contribution is 5.87. The number of methoxy groups -OCH3 is 1. The van der Waals surface area contributed by atoms with Gasteiger partial charge < -0.3 is 19.5 Å². The topological polar surface area (TPSA) is 92.8 Å². The summed E-state index contributed by atoms with van der Waals surface area (Å²) >= 11 is 0. The maximum Gasteiger partial charge on any atom is 0.358 e. The molecule has 6 nitrogen and oxygen atoms in total. The first-order valence-corrected chi connectivity index (χ1v) is 5.11. The minimum absolute atomic E-state index is 0.106. The first-order valence-electron chi connectivity index (χ1n) is 5.11. The van der Waals surface area contributed by atoms with E-state index in [1.54, 1.807) is 19.1 Å². The van der Waals surface area contributed by atoms with Gasteiger partial charge >= 0.3 is 5.97 Å². The van der Waals surface area contributed by atoms with Crippen molar-refractivity contribution in [2.45, 2.75) is 6.92 Å². The van der Waals surface area contributed by atoms with Crippen molar-refractivity contribution < 1.29 is 24.3 Å². The number of rotatable bonds is 3. The predicted octanol–water partition coefficient (Wildman–Crippen LogP) is 2.06. The fourth-order valence-corrected chi connectivity index (χ4v) is 1.63. The van der Waals surface area contributed by atoms with E-state index in [0.717, 1.165) is 5.56 Å². The molecule has 6 heteroatoms. The van der Waals surface area contributed by atoms with E-state index in [9.17, 15) is 9.90 Å². The maximum absolute atomic E-state index is 10.7. The molecule has 0 bridgehead atoms. The second-order valence-corrected chi connectivity index (χ2v) is 3.69. The average molecular weight is 249 g/mol. The van der Waals surface area contributed by atoms with Gasteiger partial charge in [0.05, 0.1) is 12.7 Å². The molecule has 0 fully saturated rings. The SMILES string of the molecule is COc1c(C)ccc(-c2cc(C(=O)O)no2)c1O. The Bertz CT molecular complexity index is 603. The van der Waals surface area contributed by atoms with Gasteiger partial charge in [0.2, 0.25) is 0 Å². The zero-order valence-electron chi connectivity index (χ0n) is 9.80. The number of phenolic OH excluding ortho intramolecular Hbond substituents is 1. The number of ether oxygens (including phenoxy) is 1. The molecule has 1 aromatic heterocycles. The number of aryl methyl sites for hydroxylation is 1. The number of carboxylic acid groups (broad SMARTS) is 1. The van der Waals surface area contributed by atoms with E-state index >= 15 is 0 Å². The number of aromatic hydroxyl groups is 1. The second kappa shape index (κ2) is 4.40. The number of carbonyl (C=O) groups is 1. The molecule has 0 saturated carbocycles. The summed E-state index contributed by atoms with van der Waals surface area (Å²) in [6.45, 7) is 1.78. The Morgan fingerprint density at radius 2 is 2.17 bits per heavy atom. The summed E-state index contributed by atoms with van der Waals surface area (Å²) in [4.78, 5) is 10.7. The third kappa shape index (κ3) is 1.88. The quantitative estimate of drug-likeness (QED) is 0.864. The highest BCUT2D eigenvalue weighted by Crippen LogP contribution is 2.39. The molecule has 2 N–H and O–H groups in total. The lowest BCUT2D eigenvalue weighted by atomic mass is 10.1. The van der Waals surface area contributed by atoms with Crippen LogP contribution in [0.4, 0.5) is 0 Å². The van der Waals surface area contributed by atoms with Gasteiger partial charge in [0.1, 0.15) is 0 Å². The molecule has 0 amide bonds. The van der Waals surface area contributed by atoms with Crippen LogP contribution in [0.2, 0.25) is 0 Å². The van der Waals surface area contributed by atoms with Crippen LogP contribution < -0.4 is 4.74 Å². The number of aromatic carboxylic acids is 1. The van der Waals surface area contributed by atoms with Crippen LogP contribution in [0.1, 0.15) is 16.1 Å². The van der Waals surface area contributed by atoms with Crippen molar-refractivity contribution in [2.75, 3.05) is 7.11 Å². The Hall–Kier alpha value is -2.50. The van der Waals surface area contributed by atoms with E-state index in [0.29, 0.717) is 11.3 Å². The van der Waals surface area contributed by atoms with Crippen molar-refractivity contribution in [1.29, 1.82) is 0 Å². The van der Waals surface area contributed by atoms with Crippen molar-refractivity contribution >= 4 is 5.97 Å². The summed E-state index contributed by atoms with van der Waals surface area (Å²) in [6.07, 6.45) is 0. The highest BCUT2D eigenvalue weighted by atomic mass is 16.5. The van der Waals surface area contributed by atoms with Gasteiger partial charge in [-0.1, -0.05) is 11.2 Å². The number of phenols is 1. The van der Waals surface area contributed by atoms with Crippen LogP contribution in [0.15, 0.2) is 22.7 Å². The third-order valence-corrected chi connectivity index (χ3v) is 2.53. The van der Waals surface area contributed by atoms with Crippen molar-refractivity contribution in [2.24, 2.45) is 0 Å². The standard InChI is InChI=1S/C12H11NO5/c1-6-3-4-7(10(14)11(6)17-2)9-5-8(12(15)16)13-18-9/h3-5,14H,1-2H3,(H,15,16). The molecule has 0 aliphatic heterocycles. The van der Waals surface area contributed by atoms with Crippen molar-refractivity contribution in [3.05, 3.63) is 29.5 Å². The van der Waals surface area contributed by atoms with Crippen LogP contribution in [0.3, 0.4) is 0 Å². The molecule has 0 radical (unpaired) electrons. The fourth-order valence-electron chi connectivity index (χ4n) is 1.63. The van der Waals surface area contributed by atoms with Gasteiger partial charge in [0.15, 0.2) is 23.0 Å². The molecule has 0 atom stereocenters. The van der Waals surface area contributed by atoms with Gasteiger partial charge in [-0.05, 0) is 18.6 Å². The Morgan fingerprint density at radius 3 is 2.72 bits per heavy atom. The van der Waals surface area contributed by atoms with Gasteiger partial charge in [-0.25, -0.2) is 4.79 Å². The summed E-state index contributed by atoms with van der Waals surface area (Å²) in [5.41, 5.74) is 0.873. The zero-order valence-corrected chi connectivity index (χ0v) is 9.80. The molecule has 0 aliphatic rings. The van der Waals surface area contributed by atoms with Gasteiger partial charge in [-0.15, -0.1) is 0 Å². The summed E-state index contributed by atoms with van der Waals surface area (Å²) < 4.78 is 9.95. The second-order valence-electron chi connectivity index (χ2n) is 3.69. The number of hydrogen-bond donors (Lipinski definition) is 2. The molecule has 0 spiro atoms. The summed E-state index contributed by atoms with van der Waals surface area (Å²) in [6, 6.07) is 4.59. The minimum Gasteiger partial charge on any atom is -0.504 e. The van der Waals surface area contributed by atoms with E-state index < -0.39 is 5.97 Å².